The van der Waals surface area contributed by atoms with Crippen molar-refractivity contribution in [1.82, 2.24) is 29.4 Å². The zero-order chi connectivity index (χ0) is 53.4. The lowest BCUT2D eigenvalue weighted by molar-refractivity contribution is -0.131. The molecule has 5 heterocycles. The Bertz CT molecular complexity index is 3060. The normalized spacial score (nSPS) is 20.9. The summed E-state index contributed by atoms with van der Waals surface area (Å²) in [4.78, 5) is 41.3. The van der Waals surface area contributed by atoms with Crippen LogP contribution >= 0.6 is 0 Å². The molecule has 14 nitrogen and oxygen atoms in total. The van der Waals surface area contributed by atoms with E-state index in [0.717, 1.165) is 114 Å². The lowest BCUT2D eigenvalue weighted by Gasteiger charge is -2.43. The first-order valence-electron chi connectivity index (χ1n) is 27.4. The maximum Gasteiger partial charge on any atom is 0.325 e. The van der Waals surface area contributed by atoms with E-state index in [1.54, 1.807) is 16.9 Å². The summed E-state index contributed by atoms with van der Waals surface area (Å²) in [6.07, 6.45) is 6.84. The lowest BCUT2D eigenvalue weighted by Crippen LogP contribution is -2.52. The van der Waals surface area contributed by atoms with Crippen molar-refractivity contribution in [2.75, 3.05) is 65.0 Å². The third kappa shape index (κ3) is 10.9. The highest BCUT2D eigenvalue weighted by atomic mass is 19.2. The zero-order valence-corrected chi connectivity index (χ0v) is 45.4. The molecule has 4 aliphatic rings. The molecule has 3 fully saturated rings. The molecule has 6 aromatic rings. The Kier molecular flexibility index (Phi) is 15.7. The molecule has 2 aromatic heterocycles. The third-order valence-electron chi connectivity index (χ3n) is 16.0. The maximum absolute atomic E-state index is 15.4. The first kappa shape index (κ1) is 52.9. The van der Waals surface area contributed by atoms with Crippen molar-refractivity contribution in [3.05, 3.63) is 107 Å². The highest BCUT2D eigenvalue weighted by Gasteiger charge is 2.41. The summed E-state index contributed by atoms with van der Waals surface area (Å²) in [6.45, 7) is 16.5. The van der Waals surface area contributed by atoms with E-state index in [1.807, 2.05) is 37.8 Å². The number of halogens is 2. The molecule has 4 aromatic carbocycles. The number of ether oxygens (including phenoxy) is 4. The average molecular weight is 1040 g/mol. The number of carbonyl (C=O) groups is 2. The second kappa shape index (κ2) is 22.6. The Morgan fingerprint density at radius 2 is 1.66 bits per heavy atom. The molecule has 0 spiro atoms. The summed E-state index contributed by atoms with van der Waals surface area (Å²) < 4.78 is 63.3. The van der Waals surface area contributed by atoms with Gasteiger partial charge in [0.15, 0.2) is 23.1 Å². The maximum atomic E-state index is 15.4. The molecule has 3 atom stereocenters. The molecule has 1 aliphatic carbocycles. The minimum Gasteiger partial charge on any atom is -0.496 e. The topological polar surface area (TPSA) is 128 Å². The second-order valence-corrected chi connectivity index (χ2v) is 21.8. The van der Waals surface area contributed by atoms with Crippen LogP contribution in [0.25, 0.3) is 33.3 Å². The van der Waals surface area contributed by atoms with Crippen LogP contribution in [0.4, 0.5) is 19.3 Å². The summed E-state index contributed by atoms with van der Waals surface area (Å²) in [5.74, 6) is 1.64. The van der Waals surface area contributed by atoms with Crippen LogP contribution in [0, 0.1) is 31.4 Å². The number of hydrogen-bond acceptors (Lipinski definition) is 10. The van der Waals surface area contributed by atoms with E-state index in [9.17, 15) is 9.18 Å². The number of likely N-dealkylation sites (tertiary alicyclic amines) is 1. The molecule has 3 aliphatic heterocycles. The van der Waals surface area contributed by atoms with Gasteiger partial charge in [0, 0.05) is 73.4 Å². The number of piperidine rings is 1. The van der Waals surface area contributed by atoms with Gasteiger partial charge in [-0.15, -0.1) is 0 Å². The van der Waals surface area contributed by atoms with Gasteiger partial charge in [-0.2, -0.15) is 0 Å². The standard InChI is InChI=1S/C60H73F2N7O7/c1-9-56(70)66-25-26-73-58-44(34-66)27-43(30-55(58)74-35-40-11-10-23-65(7)33-40)41-12-19-48(54(29-41)72-8)37(4)32-67-24-22-53(69(60(67)71)46-16-20-49(61)50(62)31-46)59-63-51-28-42(57-38(5)64-76-39(57)6)13-21-52(51)68(59)45-14-17-47(18-15-45)75-36(2)3/h12-13,16,19-21,27-31,36-37,40,45,47,53H,9-11,14-15,17-18,22-26,32-35H2,1-8H3. The number of imidazole rings is 1. The SMILES string of the molecule is CCC(=O)N1CCOc2c(cc(-c3ccc(C(C)CN4CCC(c5nc6cc(-c7c(C)noc7C)ccc6n5C5CCC(OC(C)C)CC5)N(c5ccc(F)c(F)c5)C4=O)c(OC)c3)cc2OCC2CCCN(C)C2)C1. The Balaban J connectivity index is 0.960. The fourth-order valence-corrected chi connectivity index (χ4v) is 12.3. The average Bonchev–Trinajstić information content (AvgIpc) is 3.87. The van der Waals surface area contributed by atoms with Crippen molar-refractivity contribution in [2.24, 2.45) is 5.92 Å². The fourth-order valence-electron chi connectivity index (χ4n) is 12.3. The molecule has 3 amide bonds. The summed E-state index contributed by atoms with van der Waals surface area (Å²) in [5, 5.41) is 4.21. The number of methoxy groups -OCH3 is 1. The zero-order valence-electron chi connectivity index (χ0n) is 45.4. The van der Waals surface area contributed by atoms with E-state index in [0.29, 0.717) is 87.0 Å². The highest BCUT2D eigenvalue weighted by Crippen LogP contribution is 2.44. The van der Waals surface area contributed by atoms with Gasteiger partial charge in [-0.05, 0) is 151 Å². The van der Waals surface area contributed by atoms with Crippen LogP contribution in [0.2, 0.25) is 0 Å². The number of anilines is 1. The van der Waals surface area contributed by atoms with Gasteiger partial charge in [0.25, 0.3) is 0 Å². The monoisotopic (exact) mass is 1040 g/mol. The van der Waals surface area contributed by atoms with Crippen molar-refractivity contribution < 1.29 is 41.8 Å². The van der Waals surface area contributed by atoms with Gasteiger partial charge in [-0.1, -0.05) is 37.2 Å². The molecule has 0 N–H and O–H groups in total. The van der Waals surface area contributed by atoms with E-state index in [1.165, 1.54) is 6.07 Å². The molecular formula is C60H73F2N7O7. The van der Waals surface area contributed by atoms with Crippen LogP contribution < -0.4 is 19.1 Å². The quantitative estimate of drug-likeness (QED) is 0.0980. The van der Waals surface area contributed by atoms with Gasteiger partial charge in [-0.25, -0.2) is 18.6 Å². The van der Waals surface area contributed by atoms with Gasteiger partial charge in [-0.3, -0.25) is 9.69 Å². The number of rotatable bonds is 15. The van der Waals surface area contributed by atoms with E-state index in [-0.39, 0.29) is 41.8 Å². The predicted molar refractivity (Wildman–Crippen MR) is 289 cm³/mol. The summed E-state index contributed by atoms with van der Waals surface area (Å²) in [6, 6.07) is 19.3. The van der Waals surface area contributed by atoms with Gasteiger partial charge in [0.2, 0.25) is 5.91 Å². The lowest BCUT2D eigenvalue weighted by atomic mass is 9.91. The van der Waals surface area contributed by atoms with Crippen molar-refractivity contribution in [3.63, 3.8) is 0 Å². The van der Waals surface area contributed by atoms with Crippen molar-refractivity contribution in [1.29, 1.82) is 0 Å². The van der Waals surface area contributed by atoms with Crippen LogP contribution in [-0.4, -0.2) is 114 Å². The molecule has 0 bridgehead atoms. The van der Waals surface area contributed by atoms with Gasteiger partial charge in [0.05, 0.1) is 55.2 Å². The summed E-state index contributed by atoms with van der Waals surface area (Å²) >= 11 is 0. The number of nitrogens with zero attached hydrogens (tertiary/aromatic N) is 7. The Morgan fingerprint density at radius 3 is 2.38 bits per heavy atom. The number of fused-ring (bicyclic) bond motifs is 2. The molecule has 404 valence electrons. The van der Waals surface area contributed by atoms with Crippen LogP contribution in [0.5, 0.6) is 17.2 Å². The fraction of sp³-hybridized carbons (Fsp3) is 0.500. The third-order valence-corrected chi connectivity index (χ3v) is 16.0. The van der Waals surface area contributed by atoms with Crippen LogP contribution in [0.1, 0.15) is 125 Å². The largest absolute Gasteiger partial charge is 0.496 e. The molecule has 76 heavy (non-hydrogen) atoms. The summed E-state index contributed by atoms with van der Waals surface area (Å²) in [7, 11) is 3.80. The minimum atomic E-state index is -1.04. The molecule has 2 saturated heterocycles. The van der Waals surface area contributed by atoms with E-state index < -0.39 is 17.7 Å². The first-order chi connectivity index (χ1) is 36.7. The molecule has 16 heteroatoms. The molecule has 1 saturated carbocycles. The number of amides is 3. The van der Waals surface area contributed by atoms with E-state index >= 15 is 9.18 Å². The molecule has 3 unspecified atom stereocenters. The van der Waals surface area contributed by atoms with Crippen LogP contribution in [0.3, 0.4) is 0 Å². The molecule has 10 rings (SSSR count). The number of benzene rings is 4. The number of urea groups is 1. The molecular weight excluding hydrogens is 969 g/mol. The van der Waals surface area contributed by atoms with Crippen molar-refractivity contribution in [3.8, 4) is 39.5 Å². The number of aryl methyl sites for hydroxylation is 2. The van der Waals surface area contributed by atoms with Gasteiger partial charge < -0.3 is 42.7 Å². The van der Waals surface area contributed by atoms with Gasteiger partial charge >= 0.3 is 6.03 Å². The van der Waals surface area contributed by atoms with Crippen LogP contribution in [0.15, 0.2) is 71.3 Å². The Hall–Kier alpha value is -6.52. The van der Waals surface area contributed by atoms with E-state index in [2.05, 4.69) is 78.8 Å². The van der Waals surface area contributed by atoms with Gasteiger partial charge in [0.1, 0.15) is 23.9 Å². The highest BCUT2D eigenvalue weighted by molar-refractivity contribution is 5.94. The number of carbonyl (C=O) groups excluding carboxylic acids is 2. The van der Waals surface area contributed by atoms with Crippen molar-refractivity contribution in [2.45, 2.75) is 130 Å². The first-order valence-corrected chi connectivity index (χ1v) is 27.4. The van der Waals surface area contributed by atoms with Crippen LogP contribution in [-0.2, 0) is 16.1 Å². The summed E-state index contributed by atoms with van der Waals surface area (Å²) in [5.41, 5.74) is 8.17. The van der Waals surface area contributed by atoms with Crippen molar-refractivity contribution >= 4 is 28.7 Å². The molecule has 0 radical (unpaired) electrons. The predicted octanol–water partition coefficient (Wildman–Crippen LogP) is 12.2. The Morgan fingerprint density at radius 1 is 0.868 bits per heavy atom. The Labute approximate surface area is 445 Å². The smallest absolute Gasteiger partial charge is 0.325 e. The number of aromatic nitrogens is 3. The second-order valence-electron chi connectivity index (χ2n) is 21.8. The minimum absolute atomic E-state index is 0.0642. The number of hydrogen-bond donors (Lipinski definition) is 0. The van der Waals surface area contributed by atoms with E-state index in [4.69, 9.17) is 28.5 Å².